The number of hydrogen-bond donors (Lipinski definition) is 3. The largest absolute Gasteiger partial charge is 0.444 e. The van der Waals surface area contributed by atoms with Crippen LogP contribution in [0.1, 0.15) is 83.4 Å². The fourth-order valence-corrected chi connectivity index (χ4v) is 6.75. The first-order valence-electron chi connectivity index (χ1n) is 14.9. The second-order valence-corrected chi connectivity index (χ2v) is 14.4. The van der Waals surface area contributed by atoms with Crippen molar-refractivity contribution >= 4 is 40.1 Å². The topological polar surface area (TPSA) is 146 Å². The molecule has 2 aromatic heterocycles. The Morgan fingerprint density at radius 1 is 1.00 bits per heavy atom. The van der Waals surface area contributed by atoms with Crippen LogP contribution in [0, 0.1) is 11.6 Å². The quantitative estimate of drug-likeness (QED) is 0.272. The molecule has 0 unspecified atom stereocenters. The average Bonchev–Trinajstić information content (AvgIpc) is 3.59. The van der Waals surface area contributed by atoms with Crippen molar-refractivity contribution in [3.8, 4) is 10.6 Å². The van der Waals surface area contributed by atoms with Crippen molar-refractivity contribution in [1.82, 2.24) is 20.1 Å². The first-order valence-corrected chi connectivity index (χ1v) is 15.7. The van der Waals surface area contributed by atoms with Crippen LogP contribution in [0.4, 0.5) is 29.1 Å². The van der Waals surface area contributed by atoms with E-state index < -0.39 is 52.1 Å². The molecular weight excluding hydrogens is 622 g/mol. The summed E-state index contributed by atoms with van der Waals surface area (Å²) in [5.41, 5.74) is -1.99. The molecule has 3 amide bonds. The monoisotopic (exact) mass is 660 g/mol. The number of carbonyl (C=O) groups excluding carboxylic acids is 3. The number of rotatable bonds is 6. The molecule has 2 aliphatic rings. The van der Waals surface area contributed by atoms with Crippen molar-refractivity contribution in [3.63, 3.8) is 0 Å². The molecule has 248 valence electrons. The maximum atomic E-state index is 14.7. The minimum atomic E-state index is -0.872. The number of ether oxygens (including phenoxy) is 3. The van der Waals surface area contributed by atoms with Gasteiger partial charge in [-0.05, 0) is 79.4 Å². The Balaban J connectivity index is 1.40. The van der Waals surface area contributed by atoms with E-state index in [0.717, 1.165) is 23.5 Å². The van der Waals surface area contributed by atoms with E-state index in [-0.39, 0.29) is 27.8 Å². The molecule has 2 bridgehead atoms. The standard InChI is InChI=1S/C31H38F2N6O6S/c1-29(2,3)44-27(41)36-18-11-13-31(14-12-20(18)43-31)23-19(15-34-39(23)7)35-24(40)22-26(38-28(42)45-30(4,5)6)46-25(37-22)21-16(32)9-8-10-17(21)33/h8-10,15,18,20H,11-14H2,1-7H3,(H,35,40)(H,36,41)(H,38,42)/t18-,20-,31-/m1/s1. The summed E-state index contributed by atoms with van der Waals surface area (Å²) in [6, 6.07) is 3.13. The van der Waals surface area contributed by atoms with Gasteiger partial charge in [0.1, 0.15) is 38.4 Å². The van der Waals surface area contributed by atoms with Crippen LogP contribution >= 0.6 is 11.3 Å². The van der Waals surface area contributed by atoms with Crippen LogP contribution < -0.4 is 16.0 Å². The lowest BCUT2D eigenvalue weighted by atomic mass is 9.89. The molecule has 0 spiro atoms. The molecule has 0 radical (unpaired) electrons. The molecule has 2 aliphatic heterocycles. The minimum Gasteiger partial charge on any atom is -0.444 e. The van der Waals surface area contributed by atoms with E-state index in [9.17, 15) is 23.2 Å². The van der Waals surface area contributed by atoms with Gasteiger partial charge in [-0.15, -0.1) is 0 Å². The van der Waals surface area contributed by atoms with Crippen LogP contribution in [0.15, 0.2) is 24.4 Å². The van der Waals surface area contributed by atoms with Crippen molar-refractivity contribution in [3.05, 3.63) is 47.4 Å². The molecule has 1 aromatic carbocycles. The number of carbonyl (C=O) groups is 3. The van der Waals surface area contributed by atoms with Gasteiger partial charge >= 0.3 is 12.2 Å². The van der Waals surface area contributed by atoms with Gasteiger partial charge in [0.2, 0.25) is 0 Å². The number of fused-ring (bicyclic) bond motifs is 2. The molecular formula is C31H38F2N6O6S. The lowest BCUT2D eigenvalue weighted by molar-refractivity contribution is -0.1000. The van der Waals surface area contributed by atoms with Crippen LogP contribution in [0.25, 0.3) is 10.6 Å². The van der Waals surface area contributed by atoms with Gasteiger partial charge in [0.25, 0.3) is 5.91 Å². The summed E-state index contributed by atoms with van der Waals surface area (Å²) in [5.74, 6) is -2.49. The molecule has 5 rings (SSSR count). The van der Waals surface area contributed by atoms with Crippen molar-refractivity contribution in [2.24, 2.45) is 7.05 Å². The highest BCUT2D eigenvalue weighted by atomic mass is 32.1. The maximum Gasteiger partial charge on any atom is 0.412 e. The highest BCUT2D eigenvalue weighted by Gasteiger charge is 2.51. The van der Waals surface area contributed by atoms with Gasteiger partial charge in [-0.3, -0.25) is 14.8 Å². The van der Waals surface area contributed by atoms with E-state index in [0.29, 0.717) is 37.1 Å². The number of benzene rings is 1. The lowest BCUT2D eigenvalue weighted by Gasteiger charge is -2.38. The van der Waals surface area contributed by atoms with Crippen molar-refractivity contribution in [2.75, 3.05) is 10.6 Å². The van der Waals surface area contributed by atoms with E-state index in [1.165, 1.54) is 12.3 Å². The SMILES string of the molecule is Cn1ncc(NC(=O)c2nc(-c3c(F)cccc3F)sc2NC(=O)OC(C)(C)C)c1[C@@]12CC[C@@H](NC(=O)OC(C)(C)C)[C@@H](CC1)O2. The van der Waals surface area contributed by atoms with Crippen LogP contribution in [0.3, 0.4) is 0 Å². The Labute approximate surface area is 269 Å². The molecule has 3 atom stereocenters. The van der Waals surface area contributed by atoms with Crippen LogP contribution in [-0.4, -0.2) is 56.2 Å². The molecule has 3 N–H and O–H groups in total. The van der Waals surface area contributed by atoms with Gasteiger partial charge in [0.05, 0.1) is 35.3 Å². The van der Waals surface area contributed by atoms with Crippen LogP contribution in [0.2, 0.25) is 0 Å². The Morgan fingerprint density at radius 2 is 1.63 bits per heavy atom. The first kappa shape index (κ1) is 33.3. The summed E-state index contributed by atoms with van der Waals surface area (Å²) in [6.45, 7) is 10.4. The third kappa shape index (κ3) is 7.15. The number of anilines is 2. The van der Waals surface area contributed by atoms with Gasteiger partial charge in [0, 0.05) is 7.05 Å². The van der Waals surface area contributed by atoms with E-state index in [1.807, 2.05) is 0 Å². The van der Waals surface area contributed by atoms with Gasteiger partial charge in [-0.25, -0.2) is 23.4 Å². The second-order valence-electron chi connectivity index (χ2n) is 13.4. The second kappa shape index (κ2) is 12.2. The van der Waals surface area contributed by atoms with Gasteiger partial charge in [-0.1, -0.05) is 17.4 Å². The minimum absolute atomic E-state index is 0.0566. The third-order valence-electron chi connectivity index (χ3n) is 7.47. The predicted octanol–water partition coefficient (Wildman–Crippen LogP) is 6.48. The summed E-state index contributed by atoms with van der Waals surface area (Å²) in [4.78, 5) is 43.1. The number of hydrogen-bond acceptors (Lipinski definition) is 9. The predicted molar refractivity (Wildman–Crippen MR) is 167 cm³/mol. The first-order chi connectivity index (χ1) is 21.4. The van der Waals surface area contributed by atoms with Gasteiger partial charge in [-0.2, -0.15) is 5.10 Å². The number of nitrogens with zero attached hydrogens (tertiary/aromatic N) is 3. The Morgan fingerprint density at radius 3 is 2.28 bits per heavy atom. The lowest BCUT2D eigenvalue weighted by Crippen LogP contribution is -2.49. The molecule has 46 heavy (non-hydrogen) atoms. The molecule has 4 heterocycles. The Kier molecular flexibility index (Phi) is 8.85. The number of nitrogens with one attached hydrogen (secondary N) is 3. The highest BCUT2D eigenvalue weighted by Crippen LogP contribution is 2.50. The number of aryl methyl sites for hydroxylation is 1. The molecule has 3 aromatic rings. The summed E-state index contributed by atoms with van der Waals surface area (Å²) < 4.78 is 48.3. The molecule has 15 heteroatoms. The summed E-state index contributed by atoms with van der Waals surface area (Å²) in [5, 5.41) is 12.4. The van der Waals surface area contributed by atoms with E-state index in [2.05, 4.69) is 26.0 Å². The Hall–Kier alpha value is -4.11. The number of alkyl carbamates (subject to hydrolysis) is 1. The fraction of sp³-hybridized carbons (Fsp3) is 0.516. The number of aromatic nitrogens is 3. The molecule has 12 nitrogen and oxygen atoms in total. The summed E-state index contributed by atoms with van der Waals surface area (Å²) in [6.07, 6.45) is 2.24. The van der Waals surface area contributed by atoms with Crippen LogP contribution in [-0.2, 0) is 26.9 Å². The average molecular weight is 661 g/mol. The molecule has 2 saturated heterocycles. The highest BCUT2D eigenvalue weighted by molar-refractivity contribution is 7.19. The van der Waals surface area contributed by atoms with E-state index in [1.54, 1.807) is 53.3 Å². The summed E-state index contributed by atoms with van der Waals surface area (Å²) >= 11 is 0.736. The zero-order valence-electron chi connectivity index (χ0n) is 26.7. The Bertz CT molecular complexity index is 1640. The normalized spacial score (nSPS) is 21.1. The van der Waals surface area contributed by atoms with E-state index in [4.69, 9.17) is 14.2 Å². The third-order valence-corrected chi connectivity index (χ3v) is 8.46. The number of halogens is 2. The maximum absolute atomic E-state index is 14.7. The summed E-state index contributed by atoms with van der Waals surface area (Å²) in [7, 11) is 1.73. The fourth-order valence-electron chi connectivity index (χ4n) is 5.76. The zero-order valence-corrected chi connectivity index (χ0v) is 27.6. The number of amides is 3. The van der Waals surface area contributed by atoms with Gasteiger partial charge < -0.3 is 24.8 Å². The molecule has 2 fully saturated rings. The number of thiazole rings is 1. The van der Waals surface area contributed by atoms with Crippen molar-refractivity contribution < 1.29 is 37.4 Å². The zero-order chi connectivity index (χ0) is 33.6. The van der Waals surface area contributed by atoms with Crippen LogP contribution in [0.5, 0.6) is 0 Å². The van der Waals surface area contributed by atoms with E-state index >= 15 is 0 Å². The van der Waals surface area contributed by atoms with Crippen molar-refractivity contribution in [1.29, 1.82) is 0 Å². The molecule has 0 aliphatic carbocycles. The molecule has 0 saturated carbocycles. The smallest absolute Gasteiger partial charge is 0.412 e. The van der Waals surface area contributed by atoms with Gasteiger partial charge in [0.15, 0.2) is 5.69 Å². The van der Waals surface area contributed by atoms with Crippen molar-refractivity contribution in [2.45, 2.75) is 96.2 Å².